The lowest BCUT2D eigenvalue weighted by molar-refractivity contribution is -0.121. The SMILES string of the molecule is C=CCN(C(=O)COC(=O)c1cnc(C)cn1)c1nc(-c2ccccc2)cs1. The molecular formula is C20H18N4O3S. The molecule has 0 aliphatic carbocycles. The second-order valence-corrected chi connectivity index (χ2v) is 6.63. The monoisotopic (exact) mass is 394 g/mol. The maximum atomic E-state index is 12.6. The van der Waals surface area contributed by atoms with Gasteiger partial charge in [0.2, 0.25) is 0 Å². The molecule has 0 radical (unpaired) electrons. The molecule has 1 amide bonds. The molecule has 0 spiro atoms. The summed E-state index contributed by atoms with van der Waals surface area (Å²) < 4.78 is 5.08. The highest BCUT2D eigenvalue weighted by Crippen LogP contribution is 2.27. The lowest BCUT2D eigenvalue weighted by atomic mass is 10.2. The van der Waals surface area contributed by atoms with Gasteiger partial charge >= 0.3 is 5.97 Å². The summed E-state index contributed by atoms with van der Waals surface area (Å²) in [5.74, 6) is -1.11. The van der Waals surface area contributed by atoms with Crippen molar-refractivity contribution in [3.63, 3.8) is 0 Å². The van der Waals surface area contributed by atoms with Crippen LogP contribution in [0.4, 0.5) is 5.13 Å². The van der Waals surface area contributed by atoms with Gasteiger partial charge in [-0.2, -0.15) is 0 Å². The summed E-state index contributed by atoms with van der Waals surface area (Å²) in [4.78, 5) is 38.5. The maximum absolute atomic E-state index is 12.6. The van der Waals surface area contributed by atoms with Crippen molar-refractivity contribution in [1.82, 2.24) is 15.0 Å². The fourth-order valence-corrected chi connectivity index (χ4v) is 3.18. The summed E-state index contributed by atoms with van der Waals surface area (Å²) in [6.45, 7) is 5.27. The molecule has 0 saturated carbocycles. The number of hydrogen-bond acceptors (Lipinski definition) is 7. The number of nitrogens with zero attached hydrogens (tertiary/aromatic N) is 4. The molecule has 2 heterocycles. The molecule has 2 aromatic heterocycles. The van der Waals surface area contributed by atoms with Gasteiger partial charge in [-0.25, -0.2) is 14.8 Å². The zero-order chi connectivity index (χ0) is 19.9. The molecule has 3 aromatic rings. The van der Waals surface area contributed by atoms with E-state index in [0.29, 0.717) is 10.8 Å². The number of rotatable bonds is 7. The maximum Gasteiger partial charge on any atom is 0.359 e. The van der Waals surface area contributed by atoms with Gasteiger partial charge in [0, 0.05) is 23.7 Å². The highest BCUT2D eigenvalue weighted by atomic mass is 32.1. The molecule has 1 aromatic carbocycles. The van der Waals surface area contributed by atoms with E-state index < -0.39 is 18.5 Å². The first-order chi connectivity index (χ1) is 13.6. The highest BCUT2D eigenvalue weighted by Gasteiger charge is 2.21. The summed E-state index contributed by atoms with van der Waals surface area (Å²) in [5, 5.41) is 2.39. The molecule has 0 bridgehead atoms. The van der Waals surface area contributed by atoms with Crippen LogP contribution < -0.4 is 4.90 Å². The van der Waals surface area contributed by atoms with Gasteiger partial charge in [0.05, 0.1) is 17.6 Å². The summed E-state index contributed by atoms with van der Waals surface area (Å²) >= 11 is 1.34. The Morgan fingerprint density at radius 1 is 1.21 bits per heavy atom. The number of carbonyl (C=O) groups excluding carboxylic acids is 2. The van der Waals surface area contributed by atoms with Crippen LogP contribution >= 0.6 is 11.3 Å². The molecule has 0 N–H and O–H groups in total. The molecule has 3 rings (SSSR count). The van der Waals surface area contributed by atoms with Gasteiger partial charge in [0.15, 0.2) is 17.4 Å². The van der Waals surface area contributed by atoms with E-state index in [4.69, 9.17) is 4.74 Å². The van der Waals surface area contributed by atoms with Crippen LogP contribution in [0.3, 0.4) is 0 Å². The number of ether oxygens (including phenoxy) is 1. The number of hydrogen-bond donors (Lipinski definition) is 0. The Morgan fingerprint density at radius 2 is 2.00 bits per heavy atom. The fraction of sp³-hybridized carbons (Fsp3) is 0.150. The smallest absolute Gasteiger partial charge is 0.359 e. The quantitative estimate of drug-likeness (QED) is 0.452. The van der Waals surface area contributed by atoms with Crippen LogP contribution in [0.25, 0.3) is 11.3 Å². The van der Waals surface area contributed by atoms with E-state index in [0.717, 1.165) is 11.3 Å². The standard InChI is InChI=1S/C20H18N4O3S/c1-3-9-24(20-23-17(13-28-20)15-7-5-4-6-8-15)18(25)12-27-19(26)16-11-21-14(2)10-22-16/h3-8,10-11,13H,1,9,12H2,2H3. The average Bonchev–Trinajstić information content (AvgIpc) is 3.21. The van der Waals surface area contributed by atoms with Crippen molar-refractivity contribution >= 4 is 28.3 Å². The Labute approximate surface area is 166 Å². The molecule has 0 saturated heterocycles. The van der Waals surface area contributed by atoms with Crippen LogP contribution in [0.2, 0.25) is 0 Å². The number of benzene rings is 1. The van der Waals surface area contributed by atoms with E-state index in [2.05, 4.69) is 21.5 Å². The van der Waals surface area contributed by atoms with Crippen LogP contribution in [-0.2, 0) is 9.53 Å². The van der Waals surface area contributed by atoms with Gasteiger partial charge in [0.1, 0.15) is 0 Å². The Kier molecular flexibility index (Phi) is 6.23. The molecule has 0 aliphatic rings. The minimum atomic E-state index is -0.705. The van der Waals surface area contributed by atoms with Crippen LogP contribution in [0.15, 0.2) is 60.8 Å². The zero-order valence-corrected chi connectivity index (χ0v) is 16.1. The third kappa shape index (κ3) is 4.66. The van der Waals surface area contributed by atoms with E-state index in [1.54, 1.807) is 13.0 Å². The zero-order valence-electron chi connectivity index (χ0n) is 15.2. The number of amides is 1. The summed E-state index contributed by atoms with van der Waals surface area (Å²) in [6, 6.07) is 9.67. The first kappa shape index (κ1) is 19.4. The predicted molar refractivity (Wildman–Crippen MR) is 107 cm³/mol. The molecule has 142 valence electrons. The van der Waals surface area contributed by atoms with E-state index in [-0.39, 0.29) is 12.2 Å². The third-order valence-electron chi connectivity index (χ3n) is 3.72. The topological polar surface area (TPSA) is 85.3 Å². The van der Waals surface area contributed by atoms with Gasteiger partial charge in [-0.05, 0) is 6.92 Å². The molecule has 28 heavy (non-hydrogen) atoms. The normalized spacial score (nSPS) is 10.3. The third-order valence-corrected chi connectivity index (χ3v) is 4.59. The van der Waals surface area contributed by atoms with E-state index >= 15 is 0 Å². The van der Waals surface area contributed by atoms with Crippen LogP contribution in [0.1, 0.15) is 16.2 Å². The fourth-order valence-electron chi connectivity index (χ4n) is 2.32. The second-order valence-electron chi connectivity index (χ2n) is 5.79. The summed E-state index contributed by atoms with van der Waals surface area (Å²) in [7, 11) is 0. The Balaban J connectivity index is 1.69. The molecule has 0 aliphatic heterocycles. The lowest BCUT2D eigenvalue weighted by Gasteiger charge is -2.17. The number of aryl methyl sites for hydroxylation is 1. The van der Waals surface area contributed by atoms with Crippen LogP contribution in [0, 0.1) is 6.92 Å². The Morgan fingerprint density at radius 3 is 2.68 bits per heavy atom. The van der Waals surface area contributed by atoms with Crippen molar-refractivity contribution < 1.29 is 14.3 Å². The van der Waals surface area contributed by atoms with Gasteiger partial charge in [-0.1, -0.05) is 36.4 Å². The first-order valence-corrected chi connectivity index (χ1v) is 9.34. The van der Waals surface area contributed by atoms with Crippen molar-refractivity contribution in [2.45, 2.75) is 6.92 Å². The van der Waals surface area contributed by atoms with E-state index in [9.17, 15) is 9.59 Å². The number of carbonyl (C=O) groups is 2. The first-order valence-electron chi connectivity index (χ1n) is 8.46. The molecule has 0 fully saturated rings. The van der Waals surface area contributed by atoms with Crippen LogP contribution in [0.5, 0.6) is 0 Å². The van der Waals surface area contributed by atoms with Crippen molar-refractivity contribution in [3.05, 3.63) is 72.1 Å². The number of esters is 1. The van der Waals surface area contributed by atoms with Gasteiger partial charge in [-0.15, -0.1) is 17.9 Å². The number of anilines is 1. The summed E-state index contributed by atoms with van der Waals surface area (Å²) in [5.41, 5.74) is 2.46. The molecule has 7 nitrogen and oxygen atoms in total. The van der Waals surface area contributed by atoms with Gasteiger partial charge in [-0.3, -0.25) is 14.7 Å². The molecule has 0 unspecified atom stereocenters. The van der Waals surface area contributed by atoms with E-state index in [1.807, 2.05) is 35.7 Å². The number of thiazole rings is 1. The number of aromatic nitrogens is 3. The Hall–Kier alpha value is -3.39. The van der Waals surface area contributed by atoms with Crippen molar-refractivity contribution in [2.75, 3.05) is 18.1 Å². The lowest BCUT2D eigenvalue weighted by Crippen LogP contribution is -2.35. The van der Waals surface area contributed by atoms with E-state index in [1.165, 1.54) is 28.6 Å². The molecule has 0 atom stereocenters. The van der Waals surface area contributed by atoms with Crippen molar-refractivity contribution in [2.24, 2.45) is 0 Å². The predicted octanol–water partition coefficient (Wildman–Crippen LogP) is 3.28. The van der Waals surface area contributed by atoms with Crippen molar-refractivity contribution in [1.29, 1.82) is 0 Å². The average molecular weight is 394 g/mol. The highest BCUT2D eigenvalue weighted by molar-refractivity contribution is 7.14. The van der Waals surface area contributed by atoms with Gasteiger partial charge < -0.3 is 4.74 Å². The summed E-state index contributed by atoms with van der Waals surface area (Å²) in [6.07, 6.45) is 4.37. The second kappa shape index (κ2) is 9.01. The minimum Gasteiger partial charge on any atom is -0.451 e. The van der Waals surface area contributed by atoms with Gasteiger partial charge in [0.25, 0.3) is 5.91 Å². The van der Waals surface area contributed by atoms with Crippen molar-refractivity contribution in [3.8, 4) is 11.3 Å². The Bertz CT molecular complexity index is 971. The molecular weight excluding hydrogens is 376 g/mol. The van der Waals surface area contributed by atoms with Crippen LogP contribution in [-0.4, -0.2) is 40.0 Å². The minimum absolute atomic E-state index is 0.0503. The molecule has 8 heteroatoms. The largest absolute Gasteiger partial charge is 0.451 e.